The van der Waals surface area contributed by atoms with Crippen molar-refractivity contribution in [2.75, 3.05) is 0 Å². The molecular weight excluding hydrogens is 247 g/mol. The average Bonchev–Trinajstić information content (AvgIpc) is 2.70. The second kappa shape index (κ2) is 5.18. The van der Waals surface area contributed by atoms with E-state index in [1.165, 1.54) is 25.1 Å². The van der Waals surface area contributed by atoms with E-state index >= 15 is 0 Å². The molecule has 0 spiro atoms. The number of rotatable bonds is 4. The molecule has 0 fully saturated rings. The van der Waals surface area contributed by atoms with Crippen molar-refractivity contribution < 1.29 is 18.4 Å². The smallest absolute Gasteiger partial charge is 0.170 e. The third kappa shape index (κ3) is 2.96. The van der Waals surface area contributed by atoms with Gasteiger partial charge < -0.3 is 4.42 Å². The minimum Gasteiger partial charge on any atom is -0.465 e. The van der Waals surface area contributed by atoms with Gasteiger partial charge in [-0.25, -0.2) is 4.39 Å². The molecule has 0 aliphatic heterocycles. The van der Waals surface area contributed by atoms with Crippen LogP contribution in [0.5, 0.6) is 0 Å². The Bertz CT molecular complexity index is 641. The minimum absolute atomic E-state index is 0.0115. The van der Waals surface area contributed by atoms with Crippen LogP contribution in [0.3, 0.4) is 0 Å². The van der Waals surface area contributed by atoms with Crippen molar-refractivity contribution in [3.63, 3.8) is 0 Å². The zero-order valence-electron chi connectivity index (χ0n) is 10.7. The molecule has 3 nitrogen and oxygen atoms in total. The molecule has 0 unspecified atom stereocenters. The number of halogens is 1. The normalized spacial score (nSPS) is 10.5. The number of hydrogen-bond donors (Lipinski definition) is 0. The summed E-state index contributed by atoms with van der Waals surface area (Å²) in [4.78, 5) is 23.2. The van der Waals surface area contributed by atoms with Crippen LogP contribution in [-0.2, 0) is 6.42 Å². The van der Waals surface area contributed by atoms with Gasteiger partial charge in [-0.3, -0.25) is 9.59 Å². The second-order valence-corrected chi connectivity index (χ2v) is 4.35. The standard InChI is InChI=1S/C15H13FO3/c1-9(17)14-7-13(19-10(14)2)8-15(18)11-4-3-5-12(16)6-11/h3-7H,8H2,1-2H3. The van der Waals surface area contributed by atoms with Crippen molar-refractivity contribution in [2.24, 2.45) is 0 Å². The third-order valence-electron chi connectivity index (χ3n) is 2.83. The lowest BCUT2D eigenvalue weighted by atomic mass is 10.1. The van der Waals surface area contributed by atoms with Gasteiger partial charge in [0, 0.05) is 5.56 Å². The number of furan rings is 1. The largest absolute Gasteiger partial charge is 0.465 e. The molecule has 4 heteroatoms. The predicted octanol–water partition coefficient (Wildman–Crippen LogP) is 3.36. The quantitative estimate of drug-likeness (QED) is 0.792. The molecule has 0 N–H and O–H groups in total. The van der Waals surface area contributed by atoms with E-state index in [2.05, 4.69) is 0 Å². The highest BCUT2D eigenvalue weighted by Gasteiger charge is 2.15. The number of aryl methyl sites for hydroxylation is 1. The van der Waals surface area contributed by atoms with E-state index in [1.807, 2.05) is 0 Å². The van der Waals surface area contributed by atoms with Gasteiger partial charge in [0.05, 0.1) is 12.0 Å². The summed E-state index contributed by atoms with van der Waals surface area (Å²) in [5.74, 6) is 0.103. The average molecular weight is 260 g/mol. The van der Waals surface area contributed by atoms with Gasteiger partial charge in [-0.05, 0) is 32.0 Å². The van der Waals surface area contributed by atoms with E-state index in [4.69, 9.17) is 4.42 Å². The highest BCUT2D eigenvalue weighted by Crippen LogP contribution is 2.17. The Morgan fingerprint density at radius 3 is 2.58 bits per heavy atom. The molecule has 0 aliphatic rings. The van der Waals surface area contributed by atoms with Crippen LogP contribution in [0.1, 0.15) is 39.2 Å². The Hall–Kier alpha value is -2.23. The summed E-state index contributed by atoms with van der Waals surface area (Å²) in [6.45, 7) is 3.11. The van der Waals surface area contributed by atoms with Crippen LogP contribution in [0, 0.1) is 12.7 Å². The monoisotopic (exact) mass is 260 g/mol. The lowest BCUT2D eigenvalue weighted by Crippen LogP contribution is -2.03. The van der Waals surface area contributed by atoms with Gasteiger partial charge in [-0.2, -0.15) is 0 Å². The van der Waals surface area contributed by atoms with Crippen molar-refractivity contribution in [3.8, 4) is 0 Å². The molecule has 0 aliphatic carbocycles. The van der Waals surface area contributed by atoms with Crippen LogP contribution in [0.4, 0.5) is 4.39 Å². The molecule has 0 saturated heterocycles. The summed E-state index contributed by atoms with van der Waals surface area (Å²) in [6, 6.07) is 7.06. The Balaban J connectivity index is 2.20. The van der Waals surface area contributed by atoms with Gasteiger partial charge >= 0.3 is 0 Å². The number of Topliss-reactive ketones (excluding diaryl/α,β-unsaturated/α-hetero) is 2. The summed E-state index contributed by atoms with van der Waals surface area (Å²) in [5, 5.41) is 0. The predicted molar refractivity (Wildman–Crippen MR) is 67.9 cm³/mol. The molecular formula is C15H13FO3. The number of hydrogen-bond acceptors (Lipinski definition) is 3. The van der Waals surface area contributed by atoms with Crippen molar-refractivity contribution in [2.45, 2.75) is 20.3 Å². The van der Waals surface area contributed by atoms with Crippen LogP contribution >= 0.6 is 0 Å². The first-order valence-electron chi connectivity index (χ1n) is 5.86. The van der Waals surface area contributed by atoms with Crippen LogP contribution in [0.25, 0.3) is 0 Å². The maximum Gasteiger partial charge on any atom is 0.170 e. The topological polar surface area (TPSA) is 47.3 Å². The van der Waals surface area contributed by atoms with Crippen molar-refractivity contribution in [1.82, 2.24) is 0 Å². The van der Waals surface area contributed by atoms with Gasteiger partial charge in [-0.15, -0.1) is 0 Å². The highest BCUT2D eigenvalue weighted by atomic mass is 19.1. The first-order valence-corrected chi connectivity index (χ1v) is 5.86. The molecule has 0 amide bonds. The number of benzene rings is 1. The second-order valence-electron chi connectivity index (χ2n) is 4.35. The van der Waals surface area contributed by atoms with Crippen molar-refractivity contribution in [1.29, 1.82) is 0 Å². The molecule has 98 valence electrons. The zero-order chi connectivity index (χ0) is 14.0. The molecule has 0 atom stereocenters. The van der Waals surface area contributed by atoms with E-state index < -0.39 is 5.82 Å². The number of ketones is 2. The van der Waals surface area contributed by atoms with Crippen LogP contribution in [-0.4, -0.2) is 11.6 Å². The molecule has 0 saturated carbocycles. The Morgan fingerprint density at radius 2 is 2.00 bits per heavy atom. The summed E-state index contributed by atoms with van der Waals surface area (Å²) in [7, 11) is 0. The molecule has 2 rings (SSSR count). The lowest BCUT2D eigenvalue weighted by molar-refractivity contribution is 0.0984. The molecule has 1 aromatic heterocycles. The van der Waals surface area contributed by atoms with Gasteiger partial charge in [0.1, 0.15) is 17.3 Å². The number of carbonyl (C=O) groups is 2. The molecule has 1 aromatic carbocycles. The van der Waals surface area contributed by atoms with Gasteiger partial charge in [-0.1, -0.05) is 12.1 Å². The Kier molecular flexibility index (Phi) is 3.60. The third-order valence-corrected chi connectivity index (χ3v) is 2.83. The first kappa shape index (κ1) is 13.2. The number of carbonyl (C=O) groups excluding carboxylic acids is 2. The van der Waals surface area contributed by atoms with Crippen LogP contribution in [0.2, 0.25) is 0 Å². The van der Waals surface area contributed by atoms with Crippen LogP contribution < -0.4 is 0 Å². The van der Waals surface area contributed by atoms with Crippen LogP contribution in [0.15, 0.2) is 34.7 Å². The molecule has 19 heavy (non-hydrogen) atoms. The van der Waals surface area contributed by atoms with E-state index in [0.717, 1.165) is 0 Å². The molecule has 0 radical (unpaired) electrons. The van der Waals surface area contributed by atoms with E-state index in [0.29, 0.717) is 22.6 Å². The fourth-order valence-electron chi connectivity index (χ4n) is 1.90. The summed E-state index contributed by atoms with van der Waals surface area (Å²) in [5.41, 5.74) is 0.764. The van der Waals surface area contributed by atoms with Crippen molar-refractivity contribution in [3.05, 3.63) is 58.8 Å². The first-order chi connectivity index (χ1) is 8.97. The zero-order valence-corrected chi connectivity index (χ0v) is 10.7. The van der Waals surface area contributed by atoms with Gasteiger partial charge in [0.25, 0.3) is 0 Å². The highest BCUT2D eigenvalue weighted by molar-refractivity contribution is 5.98. The SMILES string of the molecule is CC(=O)c1cc(CC(=O)c2cccc(F)c2)oc1C. The van der Waals surface area contributed by atoms with E-state index in [1.54, 1.807) is 19.1 Å². The molecule has 0 bridgehead atoms. The van der Waals surface area contributed by atoms with Crippen molar-refractivity contribution >= 4 is 11.6 Å². The van der Waals surface area contributed by atoms with Gasteiger partial charge in [0.15, 0.2) is 11.6 Å². The Labute approximate surface area is 110 Å². The molecule has 2 aromatic rings. The lowest BCUT2D eigenvalue weighted by Gasteiger charge is -1.98. The van der Waals surface area contributed by atoms with E-state index in [-0.39, 0.29) is 18.0 Å². The fourth-order valence-corrected chi connectivity index (χ4v) is 1.90. The Morgan fingerprint density at radius 1 is 1.26 bits per heavy atom. The summed E-state index contributed by atoms with van der Waals surface area (Å²) < 4.78 is 18.4. The minimum atomic E-state index is -0.453. The fraction of sp³-hybridized carbons (Fsp3) is 0.200. The maximum atomic E-state index is 13.0. The summed E-state index contributed by atoms with van der Waals surface area (Å²) in [6.07, 6.45) is 0.0115. The summed E-state index contributed by atoms with van der Waals surface area (Å²) >= 11 is 0. The van der Waals surface area contributed by atoms with E-state index in [9.17, 15) is 14.0 Å². The maximum absolute atomic E-state index is 13.0. The van der Waals surface area contributed by atoms with Gasteiger partial charge in [0.2, 0.25) is 0 Å². The molecule has 1 heterocycles.